The maximum atomic E-state index is 12.7. The summed E-state index contributed by atoms with van der Waals surface area (Å²) < 4.78 is 0.954. The minimum atomic E-state index is -0.667. The summed E-state index contributed by atoms with van der Waals surface area (Å²) in [5.41, 5.74) is 2.60. The van der Waals surface area contributed by atoms with Gasteiger partial charge in [0, 0.05) is 11.9 Å². The van der Waals surface area contributed by atoms with Crippen molar-refractivity contribution in [3.63, 3.8) is 0 Å². The SMILES string of the molecule is Cc1ccc(-n2c(=O)[nH]cc(C(=O)Nc3cc(C)cc(C)c3)c2=O)cc1. The van der Waals surface area contributed by atoms with Gasteiger partial charge in [-0.2, -0.15) is 0 Å². The summed E-state index contributed by atoms with van der Waals surface area (Å²) in [7, 11) is 0. The second-order valence-corrected chi connectivity index (χ2v) is 6.31. The zero-order valence-corrected chi connectivity index (χ0v) is 14.8. The maximum Gasteiger partial charge on any atom is 0.333 e. The first-order chi connectivity index (χ1) is 12.3. The van der Waals surface area contributed by atoms with Gasteiger partial charge in [-0.3, -0.25) is 9.59 Å². The quantitative estimate of drug-likeness (QED) is 0.762. The third-order valence-electron chi connectivity index (χ3n) is 3.99. The van der Waals surface area contributed by atoms with E-state index in [0.29, 0.717) is 11.4 Å². The molecule has 1 aromatic heterocycles. The molecule has 0 aliphatic heterocycles. The van der Waals surface area contributed by atoms with Crippen LogP contribution in [0.15, 0.2) is 58.3 Å². The van der Waals surface area contributed by atoms with E-state index < -0.39 is 17.2 Å². The minimum Gasteiger partial charge on any atom is -0.322 e. The van der Waals surface area contributed by atoms with Gasteiger partial charge in [-0.05, 0) is 56.2 Å². The van der Waals surface area contributed by atoms with E-state index in [-0.39, 0.29) is 5.56 Å². The molecule has 2 aromatic carbocycles. The van der Waals surface area contributed by atoms with Crippen molar-refractivity contribution in [3.05, 3.63) is 91.8 Å². The summed E-state index contributed by atoms with van der Waals surface area (Å²) in [4.78, 5) is 39.9. The van der Waals surface area contributed by atoms with Crippen molar-refractivity contribution < 1.29 is 4.79 Å². The second kappa shape index (κ2) is 6.84. The average Bonchev–Trinajstić information content (AvgIpc) is 2.55. The normalized spacial score (nSPS) is 10.6. The van der Waals surface area contributed by atoms with Crippen LogP contribution in [0.1, 0.15) is 27.0 Å². The molecule has 0 spiro atoms. The van der Waals surface area contributed by atoms with E-state index in [1.54, 1.807) is 24.3 Å². The Morgan fingerprint density at radius 3 is 2.15 bits per heavy atom. The van der Waals surface area contributed by atoms with Gasteiger partial charge in [0.1, 0.15) is 5.56 Å². The number of nitrogens with zero attached hydrogens (tertiary/aromatic N) is 1. The number of benzene rings is 2. The van der Waals surface area contributed by atoms with Gasteiger partial charge in [0.2, 0.25) is 0 Å². The molecule has 3 rings (SSSR count). The van der Waals surface area contributed by atoms with Crippen LogP contribution in [-0.4, -0.2) is 15.5 Å². The lowest BCUT2D eigenvalue weighted by Crippen LogP contribution is -2.38. The van der Waals surface area contributed by atoms with Gasteiger partial charge in [0.25, 0.3) is 11.5 Å². The largest absolute Gasteiger partial charge is 0.333 e. The number of hydrogen-bond donors (Lipinski definition) is 2. The van der Waals surface area contributed by atoms with E-state index in [2.05, 4.69) is 10.3 Å². The summed E-state index contributed by atoms with van der Waals surface area (Å²) in [6.07, 6.45) is 1.15. The molecule has 132 valence electrons. The number of aromatic amines is 1. The second-order valence-electron chi connectivity index (χ2n) is 6.31. The molecule has 0 radical (unpaired) electrons. The fraction of sp³-hybridized carbons (Fsp3) is 0.150. The molecule has 0 unspecified atom stereocenters. The van der Waals surface area contributed by atoms with Crippen molar-refractivity contribution >= 4 is 11.6 Å². The summed E-state index contributed by atoms with van der Waals surface area (Å²) in [6, 6.07) is 12.5. The van der Waals surface area contributed by atoms with Crippen LogP contribution in [0.4, 0.5) is 5.69 Å². The topological polar surface area (TPSA) is 84.0 Å². The Labute approximate surface area is 150 Å². The number of rotatable bonds is 3. The van der Waals surface area contributed by atoms with Gasteiger partial charge in [0.15, 0.2) is 0 Å². The van der Waals surface area contributed by atoms with Gasteiger partial charge in [-0.1, -0.05) is 23.8 Å². The molecule has 2 N–H and O–H groups in total. The Bertz CT molecular complexity index is 1070. The van der Waals surface area contributed by atoms with Gasteiger partial charge < -0.3 is 10.3 Å². The number of anilines is 1. The Hall–Kier alpha value is -3.41. The number of hydrogen-bond acceptors (Lipinski definition) is 3. The van der Waals surface area contributed by atoms with Crippen molar-refractivity contribution in [1.82, 2.24) is 9.55 Å². The van der Waals surface area contributed by atoms with E-state index in [1.165, 1.54) is 0 Å². The smallest absolute Gasteiger partial charge is 0.322 e. The molecule has 0 saturated heterocycles. The lowest BCUT2D eigenvalue weighted by molar-refractivity contribution is 0.102. The minimum absolute atomic E-state index is 0.135. The van der Waals surface area contributed by atoms with Crippen molar-refractivity contribution in [2.45, 2.75) is 20.8 Å². The van der Waals surface area contributed by atoms with Gasteiger partial charge >= 0.3 is 5.69 Å². The number of nitrogens with one attached hydrogen (secondary N) is 2. The fourth-order valence-corrected chi connectivity index (χ4v) is 2.81. The van der Waals surface area contributed by atoms with Crippen LogP contribution in [-0.2, 0) is 0 Å². The van der Waals surface area contributed by atoms with Crippen LogP contribution in [0.2, 0.25) is 0 Å². The summed E-state index contributed by atoms with van der Waals surface area (Å²) >= 11 is 0. The lowest BCUT2D eigenvalue weighted by atomic mass is 10.1. The van der Waals surface area contributed by atoms with Crippen LogP contribution in [0.25, 0.3) is 5.69 Å². The molecule has 1 heterocycles. The van der Waals surface area contributed by atoms with Crippen molar-refractivity contribution in [2.24, 2.45) is 0 Å². The summed E-state index contributed by atoms with van der Waals surface area (Å²) in [6.45, 7) is 5.75. The molecule has 0 aliphatic carbocycles. The molecule has 6 nitrogen and oxygen atoms in total. The van der Waals surface area contributed by atoms with Crippen LogP contribution >= 0.6 is 0 Å². The molecule has 0 aliphatic rings. The Balaban J connectivity index is 2.02. The molecule has 3 aromatic rings. The predicted molar refractivity (Wildman–Crippen MR) is 101 cm³/mol. The number of aryl methyl sites for hydroxylation is 3. The predicted octanol–water partition coefficient (Wildman–Crippen LogP) is 2.70. The molecule has 0 atom stereocenters. The van der Waals surface area contributed by atoms with E-state index >= 15 is 0 Å². The molecule has 0 fully saturated rings. The van der Waals surface area contributed by atoms with Gasteiger partial charge in [-0.25, -0.2) is 9.36 Å². The van der Waals surface area contributed by atoms with Gasteiger partial charge in [0.05, 0.1) is 5.69 Å². The highest BCUT2D eigenvalue weighted by Crippen LogP contribution is 2.14. The van der Waals surface area contributed by atoms with Crippen molar-refractivity contribution in [3.8, 4) is 5.69 Å². The highest BCUT2D eigenvalue weighted by Gasteiger charge is 2.16. The zero-order valence-electron chi connectivity index (χ0n) is 14.8. The monoisotopic (exact) mass is 349 g/mol. The summed E-state index contributed by atoms with van der Waals surface area (Å²) in [5.74, 6) is -0.572. The number of H-pyrrole nitrogens is 1. The highest BCUT2D eigenvalue weighted by atomic mass is 16.2. The lowest BCUT2D eigenvalue weighted by Gasteiger charge is -2.09. The standard InChI is InChI=1S/C20H19N3O3/c1-12-4-6-16(7-5-12)23-19(25)17(11-21-20(23)26)18(24)22-15-9-13(2)8-14(3)10-15/h4-11H,1-3H3,(H,21,26)(H,22,24). The first-order valence-corrected chi connectivity index (χ1v) is 8.16. The third-order valence-corrected chi connectivity index (χ3v) is 3.99. The Morgan fingerprint density at radius 1 is 0.923 bits per heavy atom. The van der Waals surface area contributed by atoms with Gasteiger partial charge in [-0.15, -0.1) is 0 Å². The van der Waals surface area contributed by atoms with E-state index in [0.717, 1.165) is 27.5 Å². The van der Waals surface area contributed by atoms with Crippen LogP contribution in [0.5, 0.6) is 0 Å². The van der Waals surface area contributed by atoms with Crippen LogP contribution in [0, 0.1) is 20.8 Å². The first-order valence-electron chi connectivity index (χ1n) is 8.16. The van der Waals surface area contributed by atoms with E-state index in [4.69, 9.17) is 0 Å². The van der Waals surface area contributed by atoms with E-state index in [1.807, 2.05) is 39.0 Å². The maximum absolute atomic E-state index is 12.7. The fourth-order valence-electron chi connectivity index (χ4n) is 2.81. The molecular formula is C20H19N3O3. The van der Waals surface area contributed by atoms with E-state index in [9.17, 15) is 14.4 Å². The number of amides is 1. The van der Waals surface area contributed by atoms with Crippen LogP contribution in [0.3, 0.4) is 0 Å². The molecular weight excluding hydrogens is 330 g/mol. The molecule has 0 bridgehead atoms. The Kier molecular flexibility index (Phi) is 4.58. The number of aromatic nitrogens is 2. The van der Waals surface area contributed by atoms with Crippen LogP contribution < -0.4 is 16.6 Å². The molecule has 1 amide bonds. The molecule has 6 heteroatoms. The molecule has 26 heavy (non-hydrogen) atoms. The third kappa shape index (κ3) is 3.49. The summed E-state index contributed by atoms with van der Waals surface area (Å²) in [5, 5.41) is 2.71. The highest BCUT2D eigenvalue weighted by molar-refractivity contribution is 6.03. The molecule has 0 saturated carbocycles. The average molecular weight is 349 g/mol. The number of carbonyl (C=O) groups is 1. The zero-order chi connectivity index (χ0) is 18.8. The Morgan fingerprint density at radius 2 is 1.54 bits per heavy atom. The number of carbonyl (C=O) groups excluding carboxylic acids is 1. The van der Waals surface area contributed by atoms with Crippen molar-refractivity contribution in [2.75, 3.05) is 5.32 Å². The van der Waals surface area contributed by atoms with Crippen molar-refractivity contribution in [1.29, 1.82) is 0 Å². The first kappa shape index (κ1) is 17.4.